The highest BCUT2D eigenvalue weighted by Crippen LogP contribution is 2.16. The van der Waals surface area contributed by atoms with E-state index in [-0.39, 0.29) is 0 Å². The molecule has 71 valence electrons. The first-order chi connectivity index (χ1) is 6.61. The molecule has 0 aliphatic heterocycles. The Bertz CT molecular complexity index is 473. The molecule has 3 radical (unpaired) electrons. The number of rotatable bonds is 1. The van der Waals surface area contributed by atoms with Gasteiger partial charge in [0.15, 0.2) is 5.52 Å². The fourth-order valence-corrected chi connectivity index (χ4v) is 1.70. The lowest BCUT2D eigenvalue weighted by Crippen LogP contribution is -2.35. The van der Waals surface area contributed by atoms with Crippen LogP contribution in [-0.2, 0) is 0 Å². The van der Waals surface area contributed by atoms with Crippen LogP contribution in [-0.4, -0.2) is 17.9 Å². The van der Waals surface area contributed by atoms with Gasteiger partial charge in [-0.05, 0) is 32.4 Å². The number of hydrogen-bond donors (Lipinski definition) is 0. The predicted octanol–water partition coefficient (Wildman–Crippen LogP) is 1.14. The van der Waals surface area contributed by atoms with Crippen LogP contribution in [0, 0.1) is 6.92 Å². The Kier molecular flexibility index (Phi) is 2.06. The molecule has 0 N–H and O–H groups in total. The number of fused-ring (bicyclic) bond motifs is 1. The van der Waals surface area contributed by atoms with Gasteiger partial charge in [0.1, 0.15) is 11.6 Å². The van der Waals surface area contributed by atoms with E-state index >= 15 is 0 Å². The lowest BCUT2D eigenvalue weighted by atomic mass is 10.2. The molecule has 2 rings (SSSR count). The van der Waals surface area contributed by atoms with Gasteiger partial charge in [-0.1, -0.05) is 12.1 Å². The summed E-state index contributed by atoms with van der Waals surface area (Å²) in [6.45, 7) is 6.22. The maximum Gasteiger partial charge on any atom is 0.193 e. The fourth-order valence-electron chi connectivity index (χ4n) is 1.70. The summed E-state index contributed by atoms with van der Waals surface area (Å²) in [5.41, 5.74) is 3.24. The SMILES string of the molecule is [B-][n+]1nn(C(C)C)c2cccc(C)c21. The van der Waals surface area contributed by atoms with E-state index < -0.39 is 0 Å². The van der Waals surface area contributed by atoms with E-state index in [0.29, 0.717) is 6.04 Å². The molecule has 1 heterocycles. The highest BCUT2D eigenvalue weighted by molar-refractivity contribution is 5.97. The molecule has 0 aliphatic carbocycles. The van der Waals surface area contributed by atoms with Gasteiger partial charge in [-0.15, -0.1) is 4.68 Å². The van der Waals surface area contributed by atoms with Crippen molar-refractivity contribution in [1.29, 1.82) is 0 Å². The van der Waals surface area contributed by atoms with Crippen LogP contribution >= 0.6 is 0 Å². The molecule has 2 aromatic rings. The van der Waals surface area contributed by atoms with Crippen LogP contribution < -0.4 is 4.59 Å². The topological polar surface area (TPSA) is 21.7 Å². The van der Waals surface area contributed by atoms with E-state index in [1.807, 2.05) is 29.8 Å². The molecule has 0 saturated carbocycles. The van der Waals surface area contributed by atoms with E-state index in [2.05, 4.69) is 19.1 Å². The Morgan fingerprint density at radius 1 is 1.43 bits per heavy atom. The van der Waals surface area contributed by atoms with E-state index in [1.165, 1.54) is 4.59 Å². The smallest absolute Gasteiger partial charge is 0.193 e. The summed E-state index contributed by atoms with van der Waals surface area (Å²) in [7, 11) is 5.80. The molecule has 0 unspecified atom stereocenters. The second kappa shape index (κ2) is 3.12. The average molecular weight is 186 g/mol. The number of aryl methyl sites for hydroxylation is 1. The maximum atomic E-state index is 5.80. The standard InChI is InChI=1S/C10H13BN3/c1-7(2)13-9-6-4-5-8(3)10(9)14(11)12-13/h4-7H,1-3H3. The number of para-hydroxylation sites is 1. The van der Waals surface area contributed by atoms with Gasteiger partial charge in [0.05, 0.1) is 0 Å². The van der Waals surface area contributed by atoms with Gasteiger partial charge in [0.2, 0.25) is 0 Å². The van der Waals surface area contributed by atoms with Crippen molar-refractivity contribution >= 4 is 19.0 Å². The third kappa shape index (κ3) is 1.22. The van der Waals surface area contributed by atoms with Gasteiger partial charge in [0, 0.05) is 5.21 Å². The molecular weight excluding hydrogens is 173 g/mol. The second-order valence-corrected chi connectivity index (χ2v) is 3.81. The second-order valence-electron chi connectivity index (χ2n) is 3.81. The van der Waals surface area contributed by atoms with Crippen LogP contribution in [0.1, 0.15) is 25.5 Å². The van der Waals surface area contributed by atoms with Gasteiger partial charge in [-0.25, -0.2) is 7.98 Å². The zero-order valence-corrected chi connectivity index (χ0v) is 8.73. The lowest BCUT2D eigenvalue weighted by molar-refractivity contribution is -0.567. The normalized spacial score (nSPS) is 11.5. The first-order valence-corrected chi connectivity index (χ1v) is 4.76. The number of benzene rings is 1. The molecule has 1 aromatic heterocycles. The van der Waals surface area contributed by atoms with Crippen molar-refractivity contribution in [2.45, 2.75) is 26.8 Å². The Morgan fingerprint density at radius 2 is 2.14 bits per heavy atom. The lowest BCUT2D eigenvalue weighted by Gasteiger charge is -1.98. The molecule has 0 spiro atoms. The first-order valence-electron chi connectivity index (χ1n) is 4.76. The van der Waals surface area contributed by atoms with E-state index in [4.69, 9.17) is 7.98 Å². The average Bonchev–Trinajstić information content (AvgIpc) is 2.45. The molecule has 0 fully saturated rings. The van der Waals surface area contributed by atoms with Gasteiger partial charge in [-0.3, -0.25) is 0 Å². The van der Waals surface area contributed by atoms with Crippen molar-refractivity contribution < 1.29 is 4.59 Å². The Labute approximate surface area is 84.8 Å². The van der Waals surface area contributed by atoms with E-state index in [9.17, 15) is 0 Å². The van der Waals surface area contributed by atoms with Crippen LogP contribution in [0.25, 0.3) is 11.0 Å². The molecule has 3 nitrogen and oxygen atoms in total. The third-order valence-electron chi connectivity index (χ3n) is 2.37. The molecule has 0 bridgehead atoms. The summed E-state index contributed by atoms with van der Waals surface area (Å²) in [4.78, 5) is 0. The molecule has 4 heteroatoms. The molecule has 0 atom stereocenters. The van der Waals surface area contributed by atoms with E-state index in [1.54, 1.807) is 0 Å². The van der Waals surface area contributed by atoms with Crippen LogP contribution in [0.4, 0.5) is 0 Å². The van der Waals surface area contributed by atoms with Crippen molar-refractivity contribution in [3.05, 3.63) is 23.8 Å². The quantitative estimate of drug-likeness (QED) is 0.612. The summed E-state index contributed by atoms with van der Waals surface area (Å²) < 4.78 is 3.38. The van der Waals surface area contributed by atoms with Gasteiger partial charge in [-0.2, -0.15) is 0 Å². The Morgan fingerprint density at radius 3 is 2.79 bits per heavy atom. The van der Waals surface area contributed by atoms with Crippen molar-refractivity contribution in [1.82, 2.24) is 9.90 Å². The Balaban J connectivity index is 2.84. The minimum absolute atomic E-state index is 0.323. The summed E-state index contributed by atoms with van der Waals surface area (Å²) in [6, 6.07) is 6.43. The zero-order valence-electron chi connectivity index (χ0n) is 8.73. The van der Waals surface area contributed by atoms with Gasteiger partial charge < -0.3 is 4.59 Å². The fraction of sp³-hybridized carbons (Fsp3) is 0.400. The Hall–Kier alpha value is -1.32. The minimum Gasteiger partial charge on any atom is -0.432 e. The summed E-state index contributed by atoms with van der Waals surface area (Å²) in [5.74, 6) is 0. The van der Waals surface area contributed by atoms with Crippen LogP contribution in [0.5, 0.6) is 0 Å². The van der Waals surface area contributed by atoms with Gasteiger partial charge >= 0.3 is 0 Å². The monoisotopic (exact) mass is 186 g/mol. The summed E-state index contributed by atoms with van der Waals surface area (Å²) in [5, 5.41) is 4.26. The van der Waals surface area contributed by atoms with Crippen molar-refractivity contribution in [2.24, 2.45) is 0 Å². The minimum atomic E-state index is 0.323. The molecule has 0 amide bonds. The van der Waals surface area contributed by atoms with E-state index in [0.717, 1.165) is 16.6 Å². The number of nitrogens with zero attached hydrogens (tertiary/aromatic N) is 3. The first kappa shape index (κ1) is 9.25. The number of hydrogen-bond acceptors (Lipinski definition) is 1. The third-order valence-corrected chi connectivity index (χ3v) is 2.37. The van der Waals surface area contributed by atoms with Crippen LogP contribution in [0.15, 0.2) is 18.2 Å². The highest BCUT2D eigenvalue weighted by atomic mass is 15.5. The van der Waals surface area contributed by atoms with Crippen molar-refractivity contribution in [3.63, 3.8) is 0 Å². The molecule has 0 aliphatic rings. The van der Waals surface area contributed by atoms with Crippen LogP contribution in [0.3, 0.4) is 0 Å². The molecule has 14 heavy (non-hydrogen) atoms. The van der Waals surface area contributed by atoms with Gasteiger partial charge in [0.25, 0.3) is 0 Å². The van der Waals surface area contributed by atoms with Crippen molar-refractivity contribution in [3.8, 4) is 0 Å². The highest BCUT2D eigenvalue weighted by Gasteiger charge is 2.14. The molecule has 0 saturated heterocycles. The summed E-state index contributed by atoms with van der Waals surface area (Å²) in [6.07, 6.45) is 0. The molecule has 1 aromatic carbocycles. The summed E-state index contributed by atoms with van der Waals surface area (Å²) >= 11 is 0. The van der Waals surface area contributed by atoms with Crippen molar-refractivity contribution in [2.75, 3.05) is 0 Å². The largest absolute Gasteiger partial charge is 0.432 e. The predicted molar refractivity (Wildman–Crippen MR) is 56.2 cm³/mol. The van der Waals surface area contributed by atoms with Crippen LogP contribution in [0.2, 0.25) is 0 Å². The molecular formula is C10H13BN3. The maximum absolute atomic E-state index is 5.80. The zero-order chi connectivity index (χ0) is 10.3. The number of aromatic nitrogens is 3.